The summed E-state index contributed by atoms with van der Waals surface area (Å²) in [5.41, 5.74) is 2.19. The van der Waals surface area contributed by atoms with E-state index in [1.807, 2.05) is 35.9 Å². The molecule has 1 aliphatic rings. The van der Waals surface area contributed by atoms with Crippen LogP contribution in [0.5, 0.6) is 0 Å². The van der Waals surface area contributed by atoms with Crippen molar-refractivity contribution >= 4 is 27.5 Å². The van der Waals surface area contributed by atoms with E-state index < -0.39 is 0 Å². The molecule has 1 aliphatic heterocycles. The summed E-state index contributed by atoms with van der Waals surface area (Å²) in [6.07, 6.45) is 3.72. The molecular weight excluding hydrogens is 380 g/mol. The van der Waals surface area contributed by atoms with Crippen LogP contribution in [-0.2, 0) is 6.54 Å². The fraction of sp³-hybridized carbons (Fsp3) is 0.478. The van der Waals surface area contributed by atoms with Crippen LogP contribution in [-0.4, -0.2) is 41.9 Å². The number of benzene rings is 1. The fourth-order valence-electron chi connectivity index (χ4n) is 4.14. The maximum absolute atomic E-state index is 12.7. The van der Waals surface area contributed by atoms with Gasteiger partial charge >= 0.3 is 0 Å². The van der Waals surface area contributed by atoms with Gasteiger partial charge in [-0.25, -0.2) is 0 Å². The van der Waals surface area contributed by atoms with E-state index in [2.05, 4.69) is 29.5 Å². The zero-order valence-electron chi connectivity index (χ0n) is 17.4. The number of carbonyl (C=O) groups is 1. The van der Waals surface area contributed by atoms with Gasteiger partial charge in [0, 0.05) is 18.4 Å². The second-order valence-electron chi connectivity index (χ2n) is 8.35. The van der Waals surface area contributed by atoms with Gasteiger partial charge in [0.2, 0.25) is 0 Å². The van der Waals surface area contributed by atoms with Crippen LogP contribution in [0.3, 0.4) is 0 Å². The number of quaternary nitrogens is 1. The van der Waals surface area contributed by atoms with Crippen LogP contribution < -0.4 is 10.2 Å². The van der Waals surface area contributed by atoms with Gasteiger partial charge in [-0.1, -0.05) is 37.3 Å². The molecule has 29 heavy (non-hydrogen) atoms. The molecule has 0 spiro atoms. The number of aryl methyl sites for hydroxylation is 1. The Bertz CT molecular complexity index is 954. The molecule has 1 fully saturated rings. The molecule has 0 aliphatic carbocycles. The number of nitrogens with zero attached hydrogens (tertiary/aromatic N) is 2. The van der Waals surface area contributed by atoms with E-state index in [1.165, 1.54) is 31.5 Å². The van der Waals surface area contributed by atoms with E-state index >= 15 is 0 Å². The van der Waals surface area contributed by atoms with Gasteiger partial charge in [0.25, 0.3) is 5.91 Å². The second-order valence-corrected chi connectivity index (χ2v) is 9.38. The molecule has 1 amide bonds. The van der Waals surface area contributed by atoms with Gasteiger partial charge in [0.1, 0.15) is 4.83 Å². The molecule has 3 aromatic rings. The van der Waals surface area contributed by atoms with Crippen molar-refractivity contribution in [2.24, 2.45) is 5.92 Å². The first kappa shape index (κ1) is 20.1. The SMILES string of the molecule is Cc1nn(Cc2ccccc2)c2sc(C(=O)NCCC[NH+]3CCC(C)CC3)cc12. The Kier molecular flexibility index (Phi) is 6.31. The lowest BCUT2D eigenvalue weighted by molar-refractivity contribution is -0.906. The molecule has 1 saturated heterocycles. The Morgan fingerprint density at radius 3 is 2.79 bits per heavy atom. The van der Waals surface area contributed by atoms with E-state index in [-0.39, 0.29) is 5.91 Å². The molecule has 6 heteroatoms. The van der Waals surface area contributed by atoms with Crippen molar-refractivity contribution in [3.63, 3.8) is 0 Å². The topological polar surface area (TPSA) is 51.4 Å². The molecule has 0 saturated carbocycles. The van der Waals surface area contributed by atoms with Crippen LogP contribution in [0.25, 0.3) is 10.2 Å². The zero-order chi connectivity index (χ0) is 20.2. The van der Waals surface area contributed by atoms with E-state index in [0.29, 0.717) is 0 Å². The Labute approximate surface area is 176 Å². The minimum absolute atomic E-state index is 0.0409. The summed E-state index contributed by atoms with van der Waals surface area (Å²) in [7, 11) is 0. The quantitative estimate of drug-likeness (QED) is 0.588. The van der Waals surface area contributed by atoms with Crippen LogP contribution in [0, 0.1) is 12.8 Å². The Balaban J connectivity index is 1.34. The molecule has 0 atom stereocenters. The van der Waals surface area contributed by atoms with Gasteiger partial charge in [-0.3, -0.25) is 9.48 Å². The number of aromatic nitrogens is 2. The fourth-order valence-corrected chi connectivity index (χ4v) is 5.21. The zero-order valence-corrected chi connectivity index (χ0v) is 18.2. The molecule has 2 aromatic heterocycles. The maximum atomic E-state index is 12.7. The van der Waals surface area contributed by atoms with Crippen molar-refractivity contribution in [3.05, 3.63) is 52.5 Å². The number of hydrogen-bond acceptors (Lipinski definition) is 3. The van der Waals surface area contributed by atoms with Crippen molar-refractivity contribution in [1.82, 2.24) is 15.1 Å². The number of thiophene rings is 1. The van der Waals surface area contributed by atoms with Gasteiger partial charge < -0.3 is 10.2 Å². The normalized spacial score (nSPS) is 19.5. The summed E-state index contributed by atoms with van der Waals surface area (Å²) < 4.78 is 2.02. The number of rotatable bonds is 7. The molecule has 2 N–H and O–H groups in total. The molecule has 3 heterocycles. The highest BCUT2D eigenvalue weighted by Crippen LogP contribution is 2.28. The van der Waals surface area contributed by atoms with Crippen molar-refractivity contribution in [3.8, 4) is 0 Å². The van der Waals surface area contributed by atoms with E-state index in [9.17, 15) is 4.79 Å². The van der Waals surface area contributed by atoms with Gasteiger partial charge in [0.05, 0.1) is 36.8 Å². The van der Waals surface area contributed by atoms with Crippen LogP contribution >= 0.6 is 11.3 Å². The first-order valence-electron chi connectivity index (χ1n) is 10.7. The Morgan fingerprint density at radius 2 is 2.03 bits per heavy atom. The van der Waals surface area contributed by atoms with Crippen molar-refractivity contribution in [1.29, 1.82) is 0 Å². The summed E-state index contributed by atoms with van der Waals surface area (Å²) in [4.78, 5) is 16.2. The van der Waals surface area contributed by atoms with Gasteiger partial charge in [-0.15, -0.1) is 11.3 Å². The third-order valence-corrected chi connectivity index (χ3v) is 7.13. The van der Waals surface area contributed by atoms with Crippen molar-refractivity contribution < 1.29 is 9.69 Å². The van der Waals surface area contributed by atoms with Crippen LogP contribution in [0.15, 0.2) is 36.4 Å². The number of hydrogen-bond donors (Lipinski definition) is 2. The van der Waals surface area contributed by atoms with E-state index in [4.69, 9.17) is 0 Å². The Hall–Kier alpha value is -2.18. The number of piperidine rings is 1. The molecule has 0 unspecified atom stereocenters. The predicted molar refractivity (Wildman–Crippen MR) is 119 cm³/mol. The predicted octanol–water partition coefficient (Wildman–Crippen LogP) is 2.89. The van der Waals surface area contributed by atoms with Crippen LogP contribution in [0.2, 0.25) is 0 Å². The monoisotopic (exact) mass is 411 g/mol. The summed E-state index contributed by atoms with van der Waals surface area (Å²) in [5.74, 6) is 0.923. The van der Waals surface area contributed by atoms with Crippen LogP contribution in [0.1, 0.15) is 47.1 Å². The number of fused-ring (bicyclic) bond motifs is 1. The average molecular weight is 412 g/mol. The number of amides is 1. The molecule has 5 nitrogen and oxygen atoms in total. The molecular formula is C23H31N4OS+. The highest BCUT2D eigenvalue weighted by atomic mass is 32.1. The van der Waals surface area contributed by atoms with E-state index in [1.54, 1.807) is 16.2 Å². The summed E-state index contributed by atoms with van der Waals surface area (Å²) >= 11 is 1.54. The number of nitrogens with one attached hydrogen (secondary N) is 2. The summed E-state index contributed by atoms with van der Waals surface area (Å²) in [6.45, 7) is 9.56. The minimum Gasteiger partial charge on any atom is -0.351 e. The molecule has 0 bridgehead atoms. The third-order valence-electron chi connectivity index (χ3n) is 5.98. The van der Waals surface area contributed by atoms with Gasteiger partial charge in [-0.2, -0.15) is 5.10 Å². The second kappa shape index (κ2) is 9.09. The highest BCUT2D eigenvalue weighted by molar-refractivity contribution is 7.20. The van der Waals surface area contributed by atoms with Crippen molar-refractivity contribution in [2.45, 2.75) is 39.7 Å². The minimum atomic E-state index is 0.0409. The summed E-state index contributed by atoms with van der Waals surface area (Å²) in [5, 5.41) is 8.87. The lowest BCUT2D eigenvalue weighted by Gasteiger charge is -2.27. The molecule has 154 valence electrons. The average Bonchev–Trinajstić information content (AvgIpc) is 3.29. The smallest absolute Gasteiger partial charge is 0.261 e. The van der Waals surface area contributed by atoms with Crippen LogP contribution in [0.4, 0.5) is 0 Å². The standard InChI is InChI=1S/C23H30N4OS/c1-17-9-13-26(14-10-17)12-6-11-24-22(28)21-15-20-18(2)25-27(23(20)29-21)16-19-7-4-3-5-8-19/h3-5,7-8,15,17H,6,9-14,16H2,1-2H3,(H,24,28)/p+1. The number of carbonyl (C=O) groups excluding carboxylic acids is 1. The molecule has 1 aromatic carbocycles. The molecule has 0 radical (unpaired) electrons. The lowest BCUT2D eigenvalue weighted by atomic mass is 9.99. The first-order chi connectivity index (χ1) is 14.1. The lowest BCUT2D eigenvalue weighted by Crippen LogP contribution is -3.13. The van der Waals surface area contributed by atoms with Gasteiger partial charge in [0.15, 0.2) is 0 Å². The van der Waals surface area contributed by atoms with E-state index in [0.717, 1.165) is 52.8 Å². The summed E-state index contributed by atoms with van der Waals surface area (Å²) in [6, 6.07) is 12.3. The first-order valence-corrected chi connectivity index (χ1v) is 11.5. The molecule has 4 rings (SSSR count). The third kappa shape index (κ3) is 4.87. The number of likely N-dealkylation sites (tertiary alicyclic amines) is 1. The maximum Gasteiger partial charge on any atom is 0.261 e. The van der Waals surface area contributed by atoms with Crippen molar-refractivity contribution in [2.75, 3.05) is 26.2 Å². The highest BCUT2D eigenvalue weighted by Gasteiger charge is 2.19. The Morgan fingerprint density at radius 1 is 1.28 bits per heavy atom. The van der Waals surface area contributed by atoms with Gasteiger partial charge in [-0.05, 0) is 37.3 Å². The largest absolute Gasteiger partial charge is 0.351 e.